The van der Waals surface area contributed by atoms with E-state index in [0.717, 1.165) is 12.0 Å². The van der Waals surface area contributed by atoms with Gasteiger partial charge in [0, 0.05) is 11.6 Å². The van der Waals surface area contributed by atoms with Crippen molar-refractivity contribution in [2.24, 2.45) is 5.92 Å². The quantitative estimate of drug-likeness (QED) is 0.221. The SMILES string of the molecule is C=CC(=O)OCOc1ccc(C(=O)Oc2ccc(C3CCC(CCC)CC3)cc2)cc1CO. The number of hydrogen-bond donors (Lipinski definition) is 1. The van der Waals surface area contributed by atoms with Gasteiger partial charge >= 0.3 is 11.9 Å². The summed E-state index contributed by atoms with van der Waals surface area (Å²) in [6, 6.07) is 12.3. The van der Waals surface area contributed by atoms with Crippen LogP contribution in [-0.4, -0.2) is 23.8 Å². The van der Waals surface area contributed by atoms with Crippen LogP contribution in [0.5, 0.6) is 11.5 Å². The van der Waals surface area contributed by atoms with E-state index in [-0.39, 0.29) is 19.0 Å². The summed E-state index contributed by atoms with van der Waals surface area (Å²) in [5.41, 5.74) is 1.96. The second-order valence-corrected chi connectivity index (χ2v) is 8.38. The Bertz CT molecular complexity index is 942. The molecule has 1 aliphatic rings. The Morgan fingerprint density at radius 2 is 1.82 bits per heavy atom. The molecule has 1 aliphatic carbocycles. The summed E-state index contributed by atoms with van der Waals surface area (Å²) in [5, 5.41) is 9.61. The van der Waals surface area contributed by atoms with Gasteiger partial charge in [-0.25, -0.2) is 9.59 Å². The van der Waals surface area contributed by atoms with E-state index in [2.05, 4.69) is 13.5 Å². The van der Waals surface area contributed by atoms with Gasteiger partial charge in [0.2, 0.25) is 6.79 Å². The third kappa shape index (κ3) is 6.93. The standard InChI is InChI=1S/C27H32O6/c1-3-5-19-6-8-20(9-7-19)21-10-13-24(14-11-21)33-27(30)22-12-15-25(23(16-22)17-28)31-18-32-26(29)4-2/h4,10-16,19-20,28H,2-3,5-9,17-18H2,1H3. The molecular formula is C27H32O6. The molecule has 0 saturated heterocycles. The van der Waals surface area contributed by atoms with Gasteiger partial charge in [0.15, 0.2) is 0 Å². The van der Waals surface area contributed by atoms with Gasteiger partial charge in [-0.1, -0.05) is 38.5 Å². The van der Waals surface area contributed by atoms with Crippen LogP contribution in [0, 0.1) is 5.92 Å². The Morgan fingerprint density at radius 3 is 2.45 bits per heavy atom. The average Bonchev–Trinajstić information content (AvgIpc) is 2.85. The van der Waals surface area contributed by atoms with Crippen LogP contribution in [0.25, 0.3) is 0 Å². The molecule has 1 saturated carbocycles. The van der Waals surface area contributed by atoms with E-state index in [1.54, 1.807) is 0 Å². The minimum atomic E-state index is -0.615. The highest BCUT2D eigenvalue weighted by Gasteiger charge is 2.22. The molecular weight excluding hydrogens is 420 g/mol. The molecule has 0 unspecified atom stereocenters. The number of ether oxygens (including phenoxy) is 3. The summed E-state index contributed by atoms with van der Waals surface area (Å²) in [7, 11) is 0. The van der Waals surface area contributed by atoms with Crippen molar-refractivity contribution in [3.63, 3.8) is 0 Å². The molecule has 2 aromatic rings. The fourth-order valence-corrected chi connectivity index (χ4v) is 4.35. The molecule has 0 aromatic heterocycles. The highest BCUT2D eigenvalue weighted by atomic mass is 16.7. The summed E-state index contributed by atoms with van der Waals surface area (Å²) in [4.78, 5) is 23.7. The van der Waals surface area contributed by atoms with Crippen molar-refractivity contribution in [1.29, 1.82) is 0 Å². The predicted molar refractivity (Wildman–Crippen MR) is 125 cm³/mol. The molecule has 0 spiro atoms. The number of hydrogen-bond acceptors (Lipinski definition) is 6. The van der Waals surface area contributed by atoms with Gasteiger partial charge in [0.1, 0.15) is 11.5 Å². The van der Waals surface area contributed by atoms with Crippen LogP contribution in [0.1, 0.15) is 72.9 Å². The lowest BCUT2D eigenvalue weighted by molar-refractivity contribution is -0.144. The third-order valence-corrected chi connectivity index (χ3v) is 6.15. The highest BCUT2D eigenvalue weighted by molar-refractivity contribution is 5.91. The van der Waals surface area contributed by atoms with Crippen molar-refractivity contribution in [1.82, 2.24) is 0 Å². The van der Waals surface area contributed by atoms with E-state index in [1.807, 2.05) is 24.3 Å². The van der Waals surface area contributed by atoms with Crippen LogP contribution in [0.15, 0.2) is 55.1 Å². The fourth-order valence-electron chi connectivity index (χ4n) is 4.35. The second kappa shape index (κ2) is 12.2. The lowest BCUT2D eigenvalue weighted by Gasteiger charge is -2.28. The first kappa shape index (κ1) is 24.5. The number of aliphatic hydroxyl groups is 1. The molecule has 33 heavy (non-hydrogen) atoms. The van der Waals surface area contributed by atoms with E-state index in [9.17, 15) is 14.7 Å². The van der Waals surface area contributed by atoms with Gasteiger partial charge in [-0.05, 0) is 73.4 Å². The zero-order valence-electron chi connectivity index (χ0n) is 19.1. The molecule has 6 heteroatoms. The van der Waals surface area contributed by atoms with E-state index < -0.39 is 11.9 Å². The smallest absolute Gasteiger partial charge is 0.343 e. The maximum absolute atomic E-state index is 12.6. The molecule has 3 rings (SSSR count). The summed E-state index contributed by atoms with van der Waals surface area (Å²) >= 11 is 0. The number of benzene rings is 2. The van der Waals surface area contributed by atoms with Crippen molar-refractivity contribution in [2.75, 3.05) is 6.79 Å². The highest BCUT2D eigenvalue weighted by Crippen LogP contribution is 2.37. The Labute approximate surface area is 195 Å². The lowest BCUT2D eigenvalue weighted by Crippen LogP contribution is -2.13. The predicted octanol–water partition coefficient (Wildman–Crippen LogP) is 5.54. The van der Waals surface area contributed by atoms with Crippen molar-refractivity contribution < 1.29 is 28.9 Å². The van der Waals surface area contributed by atoms with E-state index in [0.29, 0.717) is 23.0 Å². The molecule has 0 atom stereocenters. The van der Waals surface area contributed by atoms with Gasteiger partial charge in [-0.15, -0.1) is 0 Å². The number of carbonyl (C=O) groups excluding carboxylic acids is 2. The Morgan fingerprint density at radius 1 is 1.09 bits per heavy atom. The zero-order valence-corrected chi connectivity index (χ0v) is 19.1. The summed E-state index contributed by atoms with van der Waals surface area (Å²) < 4.78 is 15.6. The minimum Gasteiger partial charge on any atom is -0.457 e. The molecule has 176 valence electrons. The number of esters is 2. The Balaban J connectivity index is 1.57. The first-order chi connectivity index (χ1) is 16.0. The van der Waals surface area contributed by atoms with Crippen molar-refractivity contribution in [3.05, 3.63) is 71.8 Å². The van der Waals surface area contributed by atoms with Crippen LogP contribution >= 0.6 is 0 Å². The first-order valence-electron chi connectivity index (χ1n) is 11.5. The van der Waals surface area contributed by atoms with Gasteiger partial charge in [-0.2, -0.15) is 0 Å². The van der Waals surface area contributed by atoms with E-state index in [1.165, 1.54) is 62.3 Å². The molecule has 0 aliphatic heterocycles. The van der Waals surface area contributed by atoms with Crippen LogP contribution in [0.2, 0.25) is 0 Å². The van der Waals surface area contributed by atoms with Crippen LogP contribution in [0.3, 0.4) is 0 Å². The van der Waals surface area contributed by atoms with Crippen LogP contribution in [-0.2, 0) is 16.1 Å². The van der Waals surface area contributed by atoms with Gasteiger partial charge in [0.25, 0.3) is 0 Å². The lowest BCUT2D eigenvalue weighted by atomic mass is 9.77. The molecule has 1 fully saturated rings. The fraction of sp³-hybridized carbons (Fsp3) is 0.407. The summed E-state index contributed by atoms with van der Waals surface area (Å²) in [6.45, 7) is 4.88. The summed E-state index contributed by atoms with van der Waals surface area (Å²) in [5.74, 6) is 1.09. The molecule has 1 N–H and O–H groups in total. The minimum absolute atomic E-state index is 0.285. The largest absolute Gasteiger partial charge is 0.457 e. The van der Waals surface area contributed by atoms with Gasteiger partial charge in [0.05, 0.1) is 12.2 Å². The number of aliphatic hydroxyl groups excluding tert-OH is 1. The normalized spacial score (nSPS) is 17.8. The number of carbonyl (C=O) groups is 2. The Kier molecular flexibility index (Phi) is 9.07. The maximum Gasteiger partial charge on any atom is 0.343 e. The maximum atomic E-state index is 12.6. The molecule has 0 bridgehead atoms. The Hall–Kier alpha value is -3.12. The van der Waals surface area contributed by atoms with Crippen molar-refractivity contribution >= 4 is 11.9 Å². The van der Waals surface area contributed by atoms with Crippen LogP contribution < -0.4 is 9.47 Å². The zero-order chi connectivity index (χ0) is 23.6. The first-order valence-corrected chi connectivity index (χ1v) is 11.5. The molecule has 0 amide bonds. The second-order valence-electron chi connectivity index (χ2n) is 8.38. The van der Waals surface area contributed by atoms with E-state index >= 15 is 0 Å². The van der Waals surface area contributed by atoms with Crippen molar-refractivity contribution in [3.8, 4) is 11.5 Å². The molecule has 6 nitrogen and oxygen atoms in total. The monoisotopic (exact) mass is 452 g/mol. The van der Waals surface area contributed by atoms with Gasteiger partial charge < -0.3 is 19.3 Å². The van der Waals surface area contributed by atoms with E-state index in [4.69, 9.17) is 14.2 Å². The van der Waals surface area contributed by atoms with Crippen LogP contribution in [0.4, 0.5) is 0 Å². The molecule has 0 heterocycles. The number of rotatable bonds is 10. The summed E-state index contributed by atoms with van der Waals surface area (Å²) in [6.07, 6.45) is 8.63. The molecule has 2 aromatic carbocycles. The van der Waals surface area contributed by atoms with Crippen molar-refractivity contribution in [2.45, 2.75) is 58.0 Å². The topological polar surface area (TPSA) is 82.1 Å². The molecule has 0 radical (unpaired) electrons. The average molecular weight is 453 g/mol. The van der Waals surface area contributed by atoms with Gasteiger partial charge in [-0.3, -0.25) is 0 Å². The third-order valence-electron chi connectivity index (χ3n) is 6.15.